The van der Waals surface area contributed by atoms with Gasteiger partial charge in [-0.15, -0.1) is 0 Å². The molecule has 3 atom stereocenters. The Balaban J connectivity index is 4.27. The smallest absolute Gasteiger partial charge is 0.317 e. The second-order valence-corrected chi connectivity index (χ2v) is 9.52. The minimum absolute atomic E-state index is 0.0465. The van der Waals surface area contributed by atoms with Gasteiger partial charge < -0.3 is 40.5 Å². The van der Waals surface area contributed by atoms with Crippen molar-refractivity contribution in [2.45, 2.75) is 44.4 Å². The fourth-order valence-corrected chi connectivity index (χ4v) is 3.62. The van der Waals surface area contributed by atoms with Crippen LogP contribution in [0.25, 0.3) is 0 Å². The number of nitrogens with zero attached hydrogens (tertiary/aromatic N) is 1. The van der Waals surface area contributed by atoms with Crippen molar-refractivity contribution >= 4 is 28.0 Å². The maximum atomic E-state index is 12.4. The topological polar surface area (TPSA) is 232 Å². The number of hydrogen-bond acceptors (Lipinski definition) is 11. The molecule has 36 heavy (non-hydrogen) atoms. The standard InChI is InChI=1S/C20H39N3O12S/c1-2-15(24)12-34-7-3-4-8-35-13-16(25)9-21-5-6-22-20(30)17(14-36(31,32)33)23(10-18(26)27)11-19(28)29/h15-17,21,24-25H,2-14H2,1H3,(H,22,30)(H,26,27)(H,28,29)(H,31,32,33). The van der Waals surface area contributed by atoms with Gasteiger partial charge in [0.05, 0.1) is 44.3 Å². The van der Waals surface area contributed by atoms with E-state index in [2.05, 4.69) is 10.6 Å². The molecule has 0 aliphatic carbocycles. The van der Waals surface area contributed by atoms with Crippen molar-refractivity contribution in [1.29, 1.82) is 0 Å². The average molecular weight is 546 g/mol. The number of aliphatic hydroxyl groups is 2. The Kier molecular flexibility index (Phi) is 18.2. The number of aliphatic carboxylic acids is 2. The lowest BCUT2D eigenvalue weighted by molar-refractivity contribution is -0.143. The van der Waals surface area contributed by atoms with Crippen molar-refractivity contribution in [1.82, 2.24) is 15.5 Å². The predicted octanol–water partition coefficient (Wildman–Crippen LogP) is -2.63. The highest BCUT2D eigenvalue weighted by molar-refractivity contribution is 7.85. The number of carbonyl (C=O) groups excluding carboxylic acids is 1. The minimum Gasteiger partial charge on any atom is -0.480 e. The SMILES string of the molecule is CCC(O)COCCCCOCC(O)CNCCNC(=O)C(CS(=O)(=O)O)N(CC(=O)O)CC(=O)O. The van der Waals surface area contributed by atoms with E-state index in [1.807, 2.05) is 6.92 Å². The Bertz CT molecular complexity index is 736. The molecule has 3 unspecified atom stereocenters. The van der Waals surface area contributed by atoms with Gasteiger partial charge in [-0.1, -0.05) is 6.92 Å². The lowest BCUT2D eigenvalue weighted by atomic mass is 10.2. The molecule has 0 aromatic rings. The van der Waals surface area contributed by atoms with Gasteiger partial charge in [-0.05, 0) is 19.3 Å². The van der Waals surface area contributed by atoms with Crippen molar-refractivity contribution in [3.63, 3.8) is 0 Å². The van der Waals surface area contributed by atoms with Crippen LogP contribution < -0.4 is 10.6 Å². The number of hydrogen-bond donors (Lipinski definition) is 7. The molecule has 0 saturated heterocycles. The molecule has 0 radical (unpaired) electrons. The summed E-state index contributed by atoms with van der Waals surface area (Å²) in [6.07, 6.45) is 0.817. The van der Waals surface area contributed by atoms with Gasteiger partial charge in [-0.3, -0.25) is 23.8 Å². The molecule has 0 aliphatic heterocycles. The zero-order valence-electron chi connectivity index (χ0n) is 20.4. The van der Waals surface area contributed by atoms with E-state index in [1.165, 1.54) is 0 Å². The Morgan fingerprint density at radius 3 is 1.92 bits per heavy atom. The van der Waals surface area contributed by atoms with Crippen LogP contribution in [0.2, 0.25) is 0 Å². The van der Waals surface area contributed by atoms with Crippen molar-refractivity contribution in [2.24, 2.45) is 0 Å². The molecule has 1 amide bonds. The maximum Gasteiger partial charge on any atom is 0.317 e. The number of carbonyl (C=O) groups is 3. The highest BCUT2D eigenvalue weighted by Crippen LogP contribution is 2.04. The third kappa shape index (κ3) is 19.3. The lowest BCUT2D eigenvalue weighted by Gasteiger charge is -2.27. The molecule has 0 aliphatic rings. The second kappa shape index (κ2) is 19.2. The Labute approximate surface area is 210 Å². The van der Waals surface area contributed by atoms with Crippen molar-refractivity contribution < 1.29 is 57.3 Å². The molecule has 0 aromatic carbocycles. The van der Waals surface area contributed by atoms with Gasteiger partial charge in [-0.2, -0.15) is 8.42 Å². The Hall–Kier alpha value is -1.92. The molecule has 0 rings (SSSR count). The monoisotopic (exact) mass is 545 g/mol. The largest absolute Gasteiger partial charge is 0.480 e. The van der Waals surface area contributed by atoms with E-state index < -0.39 is 65.1 Å². The minimum atomic E-state index is -4.72. The summed E-state index contributed by atoms with van der Waals surface area (Å²) < 4.78 is 42.3. The summed E-state index contributed by atoms with van der Waals surface area (Å²) in [6, 6.07) is -1.74. The van der Waals surface area contributed by atoms with E-state index in [4.69, 9.17) is 24.2 Å². The molecule has 0 aromatic heterocycles. The number of ether oxygens (including phenoxy) is 2. The maximum absolute atomic E-state index is 12.4. The van der Waals surface area contributed by atoms with Gasteiger partial charge >= 0.3 is 11.9 Å². The Morgan fingerprint density at radius 1 is 0.917 bits per heavy atom. The summed E-state index contributed by atoms with van der Waals surface area (Å²) in [5.74, 6) is -5.13. The summed E-state index contributed by atoms with van der Waals surface area (Å²) >= 11 is 0. The fourth-order valence-electron chi connectivity index (χ4n) is 2.85. The quantitative estimate of drug-likeness (QED) is 0.0514. The van der Waals surface area contributed by atoms with E-state index in [0.717, 1.165) is 12.8 Å². The normalized spacial score (nSPS) is 14.4. The molecule has 0 heterocycles. The molecule has 0 bridgehead atoms. The summed E-state index contributed by atoms with van der Waals surface area (Å²) in [5, 5.41) is 42.3. The first-order valence-corrected chi connectivity index (χ1v) is 13.1. The van der Waals surface area contributed by atoms with Gasteiger partial charge in [-0.25, -0.2) is 0 Å². The van der Waals surface area contributed by atoms with Gasteiger partial charge in [0, 0.05) is 32.8 Å². The van der Waals surface area contributed by atoms with Crippen molar-refractivity contribution in [3.05, 3.63) is 0 Å². The van der Waals surface area contributed by atoms with Gasteiger partial charge in [0.15, 0.2) is 0 Å². The summed E-state index contributed by atoms with van der Waals surface area (Å²) in [6.45, 7) is 1.54. The number of nitrogens with one attached hydrogen (secondary N) is 2. The van der Waals surface area contributed by atoms with Crippen LogP contribution in [0.15, 0.2) is 0 Å². The number of aliphatic hydroxyl groups excluding tert-OH is 2. The van der Waals surface area contributed by atoms with Crippen LogP contribution in [0.1, 0.15) is 26.2 Å². The van der Waals surface area contributed by atoms with E-state index in [9.17, 15) is 33.0 Å². The van der Waals surface area contributed by atoms with E-state index in [0.29, 0.717) is 31.1 Å². The van der Waals surface area contributed by atoms with Crippen LogP contribution in [0, 0.1) is 0 Å². The first-order chi connectivity index (χ1) is 16.9. The average Bonchev–Trinajstić information content (AvgIpc) is 2.76. The fraction of sp³-hybridized carbons (Fsp3) is 0.850. The number of carboxylic acids is 2. The van der Waals surface area contributed by atoms with Gasteiger partial charge in [0.2, 0.25) is 5.91 Å². The third-order valence-electron chi connectivity index (χ3n) is 4.69. The molecule has 0 saturated carbocycles. The lowest BCUT2D eigenvalue weighted by Crippen LogP contribution is -2.54. The number of carboxylic acid groups (broad SMARTS) is 2. The first kappa shape index (κ1) is 34.1. The Morgan fingerprint density at radius 2 is 1.44 bits per heavy atom. The van der Waals surface area contributed by atoms with Crippen LogP contribution in [0.5, 0.6) is 0 Å². The zero-order valence-corrected chi connectivity index (χ0v) is 21.2. The van der Waals surface area contributed by atoms with E-state index in [1.54, 1.807) is 0 Å². The van der Waals surface area contributed by atoms with Crippen LogP contribution >= 0.6 is 0 Å². The molecule has 0 spiro atoms. The molecular formula is C20H39N3O12S. The predicted molar refractivity (Wildman–Crippen MR) is 126 cm³/mol. The first-order valence-electron chi connectivity index (χ1n) is 11.5. The number of rotatable bonds is 23. The zero-order chi connectivity index (χ0) is 27.6. The van der Waals surface area contributed by atoms with Crippen LogP contribution in [0.3, 0.4) is 0 Å². The van der Waals surface area contributed by atoms with Crippen LogP contribution in [-0.4, -0.2) is 139 Å². The summed E-state index contributed by atoms with van der Waals surface area (Å²) in [4.78, 5) is 35.0. The van der Waals surface area contributed by atoms with Gasteiger partial charge in [0.1, 0.15) is 6.04 Å². The van der Waals surface area contributed by atoms with Crippen LogP contribution in [-0.2, 0) is 34.0 Å². The third-order valence-corrected chi connectivity index (χ3v) is 5.43. The van der Waals surface area contributed by atoms with Gasteiger partial charge in [0.25, 0.3) is 10.1 Å². The molecule has 16 heteroatoms. The molecular weight excluding hydrogens is 506 g/mol. The van der Waals surface area contributed by atoms with E-state index in [-0.39, 0.29) is 26.2 Å². The van der Waals surface area contributed by atoms with Crippen molar-refractivity contribution in [2.75, 3.05) is 64.9 Å². The highest BCUT2D eigenvalue weighted by atomic mass is 32.2. The number of amides is 1. The molecule has 7 N–H and O–H groups in total. The molecule has 0 fully saturated rings. The van der Waals surface area contributed by atoms with Crippen LogP contribution in [0.4, 0.5) is 0 Å². The van der Waals surface area contributed by atoms with E-state index >= 15 is 0 Å². The highest BCUT2D eigenvalue weighted by Gasteiger charge is 2.32. The van der Waals surface area contributed by atoms with Crippen molar-refractivity contribution in [3.8, 4) is 0 Å². The molecule has 15 nitrogen and oxygen atoms in total. The molecule has 212 valence electrons. The second-order valence-electron chi connectivity index (χ2n) is 8.02. The summed E-state index contributed by atoms with van der Waals surface area (Å²) in [7, 11) is -4.72. The summed E-state index contributed by atoms with van der Waals surface area (Å²) in [5.41, 5.74) is 0. The number of unbranched alkanes of at least 4 members (excludes halogenated alkanes) is 1.